The van der Waals surface area contributed by atoms with E-state index in [1.807, 2.05) is 31.2 Å². The van der Waals surface area contributed by atoms with Crippen LogP contribution in [0.15, 0.2) is 53.6 Å². The van der Waals surface area contributed by atoms with Crippen LogP contribution in [0.4, 0.5) is 0 Å². The number of rotatable bonds is 3. The summed E-state index contributed by atoms with van der Waals surface area (Å²) in [6.45, 7) is 1.96. The number of hydrazone groups is 1. The number of amides is 1. The summed E-state index contributed by atoms with van der Waals surface area (Å²) in [6.07, 6.45) is 1.63. The minimum Gasteiger partial charge on any atom is -0.508 e. The SMILES string of the molecule is Cc1[nH]c2ccccc2c1/C=N/NC(=O)c1ccc(O)cc1. The number of fused-ring (bicyclic) bond motifs is 1. The zero-order valence-corrected chi connectivity index (χ0v) is 12.0. The van der Waals surface area contributed by atoms with Gasteiger partial charge in [0.05, 0.1) is 6.21 Å². The molecule has 0 fully saturated rings. The molecule has 0 spiro atoms. The zero-order chi connectivity index (χ0) is 15.5. The van der Waals surface area contributed by atoms with Crippen molar-refractivity contribution in [3.63, 3.8) is 0 Å². The highest BCUT2D eigenvalue weighted by Gasteiger charge is 2.06. The van der Waals surface area contributed by atoms with Crippen molar-refractivity contribution in [1.82, 2.24) is 10.4 Å². The summed E-state index contributed by atoms with van der Waals surface area (Å²) in [5.74, 6) is -0.205. The molecule has 0 bridgehead atoms. The third-order valence-electron chi connectivity index (χ3n) is 3.43. The molecule has 3 rings (SSSR count). The summed E-state index contributed by atoms with van der Waals surface area (Å²) >= 11 is 0. The molecule has 3 aromatic rings. The van der Waals surface area contributed by atoms with E-state index in [1.165, 1.54) is 24.3 Å². The number of nitrogens with one attached hydrogen (secondary N) is 2. The Hall–Kier alpha value is -3.08. The van der Waals surface area contributed by atoms with Crippen LogP contribution in [0, 0.1) is 6.92 Å². The summed E-state index contributed by atoms with van der Waals surface area (Å²) in [5.41, 5.74) is 5.89. The summed E-state index contributed by atoms with van der Waals surface area (Å²) < 4.78 is 0. The van der Waals surface area contributed by atoms with Crippen molar-refractivity contribution >= 4 is 23.0 Å². The average Bonchev–Trinajstić information content (AvgIpc) is 2.84. The molecule has 2 aromatic carbocycles. The molecule has 0 aliphatic rings. The van der Waals surface area contributed by atoms with Gasteiger partial charge >= 0.3 is 0 Å². The van der Waals surface area contributed by atoms with Crippen LogP contribution in [0.2, 0.25) is 0 Å². The van der Waals surface area contributed by atoms with Gasteiger partial charge in [-0.15, -0.1) is 0 Å². The van der Waals surface area contributed by atoms with Gasteiger partial charge < -0.3 is 10.1 Å². The van der Waals surface area contributed by atoms with Crippen LogP contribution in [-0.2, 0) is 0 Å². The first-order valence-corrected chi connectivity index (χ1v) is 6.85. The minimum absolute atomic E-state index is 0.120. The Bertz CT molecular complexity index is 848. The largest absolute Gasteiger partial charge is 0.508 e. The molecular weight excluding hydrogens is 278 g/mol. The molecule has 0 saturated heterocycles. The second-order valence-corrected chi connectivity index (χ2v) is 4.96. The Labute approximate surface area is 127 Å². The first kappa shape index (κ1) is 13.9. The molecule has 1 amide bonds. The number of phenols is 1. The molecule has 22 heavy (non-hydrogen) atoms. The van der Waals surface area contributed by atoms with Crippen LogP contribution in [0.5, 0.6) is 5.75 Å². The molecule has 3 N–H and O–H groups in total. The molecule has 0 unspecified atom stereocenters. The second kappa shape index (κ2) is 5.73. The Morgan fingerprint density at radius 1 is 1.18 bits per heavy atom. The highest BCUT2D eigenvalue weighted by molar-refractivity contribution is 6.01. The lowest BCUT2D eigenvalue weighted by molar-refractivity contribution is 0.0955. The van der Waals surface area contributed by atoms with Crippen molar-refractivity contribution in [3.05, 3.63) is 65.4 Å². The number of carbonyl (C=O) groups excluding carboxylic acids is 1. The third kappa shape index (κ3) is 2.69. The van der Waals surface area contributed by atoms with Crippen molar-refractivity contribution in [2.45, 2.75) is 6.92 Å². The van der Waals surface area contributed by atoms with E-state index in [9.17, 15) is 9.90 Å². The van der Waals surface area contributed by atoms with E-state index < -0.39 is 0 Å². The summed E-state index contributed by atoms with van der Waals surface area (Å²) in [4.78, 5) is 15.2. The first-order valence-electron chi connectivity index (χ1n) is 6.85. The number of aromatic amines is 1. The van der Waals surface area contributed by atoms with E-state index in [0.717, 1.165) is 22.2 Å². The maximum atomic E-state index is 11.9. The number of hydrogen-bond donors (Lipinski definition) is 3. The van der Waals surface area contributed by atoms with E-state index in [1.54, 1.807) is 6.21 Å². The van der Waals surface area contributed by atoms with Crippen molar-refractivity contribution in [2.75, 3.05) is 0 Å². The Kier molecular flexibility index (Phi) is 3.62. The van der Waals surface area contributed by atoms with Crippen LogP contribution in [0.25, 0.3) is 10.9 Å². The number of nitrogens with zero attached hydrogens (tertiary/aromatic N) is 1. The number of H-pyrrole nitrogens is 1. The monoisotopic (exact) mass is 293 g/mol. The summed E-state index contributed by atoms with van der Waals surface area (Å²) in [6, 6.07) is 13.9. The fraction of sp³-hybridized carbons (Fsp3) is 0.0588. The van der Waals surface area contributed by atoms with Crippen molar-refractivity contribution < 1.29 is 9.90 Å². The topological polar surface area (TPSA) is 77.5 Å². The number of phenolic OH excluding ortho intramolecular Hbond substituents is 1. The van der Waals surface area contributed by atoms with Crippen LogP contribution in [-0.4, -0.2) is 22.2 Å². The van der Waals surface area contributed by atoms with Gasteiger partial charge in [0, 0.05) is 27.7 Å². The Morgan fingerprint density at radius 3 is 2.68 bits per heavy atom. The molecule has 0 atom stereocenters. The van der Waals surface area contributed by atoms with E-state index in [0.29, 0.717) is 5.56 Å². The number of hydrogen-bond acceptors (Lipinski definition) is 3. The molecule has 5 heteroatoms. The van der Waals surface area contributed by atoms with Crippen LogP contribution in [0.1, 0.15) is 21.6 Å². The maximum absolute atomic E-state index is 11.9. The van der Waals surface area contributed by atoms with E-state index in [-0.39, 0.29) is 11.7 Å². The van der Waals surface area contributed by atoms with E-state index in [2.05, 4.69) is 15.5 Å². The highest BCUT2D eigenvalue weighted by Crippen LogP contribution is 2.19. The standard InChI is InChI=1S/C17H15N3O2/c1-11-15(14-4-2-3-5-16(14)19-11)10-18-20-17(22)12-6-8-13(21)9-7-12/h2-10,19,21H,1H3,(H,20,22)/b18-10+. The number of para-hydroxylation sites is 1. The molecule has 1 aromatic heterocycles. The van der Waals surface area contributed by atoms with Crippen LogP contribution >= 0.6 is 0 Å². The van der Waals surface area contributed by atoms with Gasteiger partial charge in [-0.3, -0.25) is 4.79 Å². The maximum Gasteiger partial charge on any atom is 0.271 e. The lowest BCUT2D eigenvalue weighted by Gasteiger charge is -2.00. The summed E-state index contributed by atoms with van der Waals surface area (Å²) in [7, 11) is 0. The number of carbonyl (C=O) groups is 1. The van der Waals surface area contributed by atoms with Crippen LogP contribution in [0.3, 0.4) is 0 Å². The van der Waals surface area contributed by atoms with Crippen LogP contribution < -0.4 is 5.43 Å². The summed E-state index contributed by atoms with van der Waals surface area (Å²) in [5, 5.41) is 14.3. The quantitative estimate of drug-likeness (QED) is 0.513. The normalized spacial score (nSPS) is 11.1. The first-order chi connectivity index (χ1) is 10.6. The molecular formula is C17H15N3O2. The predicted octanol–water partition coefficient (Wildman–Crippen LogP) is 2.95. The zero-order valence-electron chi connectivity index (χ0n) is 12.0. The molecule has 0 radical (unpaired) electrons. The number of benzene rings is 2. The molecule has 110 valence electrons. The highest BCUT2D eigenvalue weighted by atomic mass is 16.3. The minimum atomic E-state index is -0.325. The van der Waals surface area contributed by atoms with Gasteiger partial charge in [0.25, 0.3) is 5.91 Å². The smallest absolute Gasteiger partial charge is 0.271 e. The third-order valence-corrected chi connectivity index (χ3v) is 3.43. The van der Waals surface area contributed by atoms with Crippen molar-refractivity contribution in [2.24, 2.45) is 5.10 Å². The number of aryl methyl sites for hydroxylation is 1. The lowest BCUT2D eigenvalue weighted by atomic mass is 10.1. The van der Waals surface area contributed by atoms with Crippen molar-refractivity contribution in [1.29, 1.82) is 0 Å². The predicted molar refractivity (Wildman–Crippen MR) is 86.2 cm³/mol. The van der Waals surface area contributed by atoms with Gasteiger partial charge in [-0.1, -0.05) is 18.2 Å². The fourth-order valence-corrected chi connectivity index (χ4v) is 2.30. The van der Waals surface area contributed by atoms with Gasteiger partial charge in [0.15, 0.2) is 0 Å². The van der Waals surface area contributed by atoms with Gasteiger partial charge in [-0.25, -0.2) is 5.43 Å². The van der Waals surface area contributed by atoms with Gasteiger partial charge in [0.2, 0.25) is 0 Å². The molecule has 0 saturated carbocycles. The van der Waals surface area contributed by atoms with E-state index >= 15 is 0 Å². The second-order valence-electron chi connectivity index (χ2n) is 4.96. The molecule has 0 aliphatic heterocycles. The van der Waals surface area contributed by atoms with E-state index in [4.69, 9.17) is 0 Å². The molecule has 1 heterocycles. The van der Waals surface area contributed by atoms with Gasteiger partial charge in [-0.05, 0) is 37.3 Å². The Morgan fingerprint density at radius 2 is 1.91 bits per heavy atom. The lowest BCUT2D eigenvalue weighted by Crippen LogP contribution is -2.17. The van der Waals surface area contributed by atoms with Crippen molar-refractivity contribution in [3.8, 4) is 5.75 Å². The van der Waals surface area contributed by atoms with Gasteiger partial charge in [0.1, 0.15) is 5.75 Å². The average molecular weight is 293 g/mol. The molecule has 5 nitrogen and oxygen atoms in total. The Balaban J connectivity index is 1.77. The fourth-order valence-electron chi connectivity index (χ4n) is 2.30. The number of aromatic hydroxyl groups is 1. The molecule has 0 aliphatic carbocycles. The number of aromatic nitrogens is 1. The van der Waals surface area contributed by atoms with Gasteiger partial charge in [-0.2, -0.15) is 5.10 Å².